The van der Waals surface area contributed by atoms with Gasteiger partial charge in [0.2, 0.25) is 0 Å². The second-order valence-corrected chi connectivity index (χ2v) is 11.5. The summed E-state index contributed by atoms with van der Waals surface area (Å²) in [4.78, 5) is 0. The number of rotatable bonds is 4. The van der Waals surface area contributed by atoms with Gasteiger partial charge in [-0.05, 0) is 83.1 Å². The van der Waals surface area contributed by atoms with Crippen LogP contribution in [0, 0.1) is 0 Å². The Bertz CT molecular complexity index is 325. The van der Waals surface area contributed by atoms with E-state index < -0.39 is 34.2 Å². The van der Waals surface area contributed by atoms with Gasteiger partial charge in [0.25, 0.3) is 0 Å². The van der Waals surface area contributed by atoms with Crippen molar-refractivity contribution in [3.8, 4) is 0 Å². The predicted molar refractivity (Wildman–Crippen MR) is 106 cm³/mol. The fourth-order valence-corrected chi connectivity index (χ4v) is 1.63. The average Bonchev–Trinajstić information content (AvgIpc) is 1.97. The third-order valence-electron chi connectivity index (χ3n) is 1.72. The molecular weight excluding hydrogens is 371 g/mol. The fraction of sp³-hybridized carbons (Fsp3) is 1.00. The zero-order valence-electron chi connectivity index (χ0n) is 21.0. The number of ether oxygens (including phenoxy) is 4. The van der Waals surface area contributed by atoms with E-state index in [4.69, 9.17) is 18.9 Å². The van der Waals surface area contributed by atoms with Gasteiger partial charge < -0.3 is 5.11 Å². The van der Waals surface area contributed by atoms with Crippen molar-refractivity contribution in [1.29, 1.82) is 0 Å². The average molecular weight is 417 g/mol. The van der Waals surface area contributed by atoms with E-state index >= 15 is 0 Å². The van der Waals surface area contributed by atoms with E-state index in [2.05, 4.69) is 0 Å². The molecule has 0 bridgehead atoms. The molecule has 0 saturated heterocycles. The van der Waals surface area contributed by atoms with Crippen molar-refractivity contribution in [2.75, 3.05) is 0 Å². The zero-order valence-corrected chi connectivity index (χ0v) is 24.2. The molecule has 0 saturated carbocycles. The van der Waals surface area contributed by atoms with Crippen molar-refractivity contribution in [3.63, 3.8) is 0 Å². The Morgan fingerprint density at radius 1 is 0.407 bits per heavy atom. The Balaban J connectivity index is -0.000000844. The summed E-state index contributed by atoms with van der Waals surface area (Å²) in [5.41, 5.74) is -2.69. The van der Waals surface area contributed by atoms with Crippen LogP contribution in [-0.2, 0) is 18.9 Å². The standard InChI is InChI=1S/C17H36O4.C4H9O.K/c1-13(2,3)18-17(19-14(4,5)6,20-15(7,8)9)21-16(10,11)12;1-4(2,3)5;/h1-12H3;1-3H3;/q;-1;+1. The molecule has 0 radical (unpaired) electrons. The Labute approximate surface area is 211 Å². The molecule has 5 nitrogen and oxygen atoms in total. The second-order valence-electron chi connectivity index (χ2n) is 11.5. The molecule has 0 aromatic carbocycles. The summed E-state index contributed by atoms with van der Waals surface area (Å²) in [6.07, 6.45) is -1.56. The molecular formula is C21H45KO5. The summed E-state index contributed by atoms with van der Waals surface area (Å²) in [7, 11) is 0. The predicted octanol–water partition coefficient (Wildman–Crippen LogP) is 2.01. The molecule has 0 fully saturated rings. The van der Waals surface area contributed by atoms with Gasteiger partial charge in [0.15, 0.2) is 0 Å². The van der Waals surface area contributed by atoms with Crippen molar-refractivity contribution >= 4 is 0 Å². The summed E-state index contributed by atoms with van der Waals surface area (Å²) in [6, 6.07) is 0. The molecule has 0 N–H and O–H groups in total. The third kappa shape index (κ3) is 27.4. The topological polar surface area (TPSA) is 60.0 Å². The van der Waals surface area contributed by atoms with E-state index in [1.54, 1.807) is 20.8 Å². The quantitative estimate of drug-likeness (QED) is 0.518. The number of hydrogen-bond acceptors (Lipinski definition) is 5. The van der Waals surface area contributed by atoms with E-state index in [9.17, 15) is 5.11 Å². The molecule has 0 rings (SSSR count). The fourth-order valence-electron chi connectivity index (χ4n) is 1.63. The maximum atomic E-state index is 10.1. The Morgan fingerprint density at radius 2 is 0.519 bits per heavy atom. The van der Waals surface area contributed by atoms with Crippen molar-refractivity contribution in [2.45, 2.75) is 138 Å². The van der Waals surface area contributed by atoms with Crippen LogP contribution < -0.4 is 56.5 Å². The minimum atomic E-state index is -1.56. The molecule has 0 spiro atoms. The van der Waals surface area contributed by atoms with Gasteiger partial charge in [-0.25, -0.2) is 0 Å². The molecule has 0 aromatic heterocycles. The molecule has 0 amide bonds. The van der Waals surface area contributed by atoms with E-state index in [0.717, 1.165) is 0 Å². The van der Waals surface area contributed by atoms with Gasteiger partial charge in [0, 0.05) is 0 Å². The maximum absolute atomic E-state index is 10.1. The Hall–Kier alpha value is 1.44. The largest absolute Gasteiger partial charge is 1.00 e. The second kappa shape index (κ2) is 11.2. The third-order valence-corrected chi connectivity index (χ3v) is 1.72. The van der Waals surface area contributed by atoms with Crippen molar-refractivity contribution in [1.82, 2.24) is 0 Å². The van der Waals surface area contributed by atoms with Crippen LogP contribution >= 0.6 is 0 Å². The van der Waals surface area contributed by atoms with Gasteiger partial charge >= 0.3 is 57.5 Å². The minimum Gasteiger partial charge on any atom is -0.850 e. The smallest absolute Gasteiger partial charge is 0.850 e. The monoisotopic (exact) mass is 416 g/mol. The van der Waals surface area contributed by atoms with Crippen molar-refractivity contribution < 1.29 is 75.4 Å². The van der Waals surface area contributed by atoms with E-state index in [0.29, 0.717) is 0 Å². The van der Waals surface area contributed by atoms with Crippen LogP contribution in [0.15, 0.2) is 0 Å². The molecule has 0 unspecified atom stereocenters. The molecule has 0 heterocycles. The Morgan fingerprint density at radius 3 is 0.593 bits per heavy atom. The van der Waals surface area contributed by atoms with Crippen LogP contribution in [-0.4, -0.2) is 34.2 Å². The first-order valence-corrected chi connectivity index (χ1v) is 9.34. The Kier molecular flexibility index (Phi) is 13.7. The molecule has 0 aromatic rings. The summed E-state index contributed by atoms with van der Waals surface area (Å²) in [5, 5.41) is 10.1. The zero-order chi connectivity index (χ0) is 21.8. The van der Waals surface area contributed by atoms with Crippen molar-refractivity contribution in [3.05, 3.63) is 0 Å². The SMILES string of the molecule is CC(C)(C)OC(OC(C)(C)C)(OC(C)(C)C)OC(C)(C)C.CC(C)(C)[O-].[K+]. The molecule has 0 aliphatic rings. The van der Waals surface area contributed by atoms with Gasteiger partial charge in [-0.2, -0.15) is 0 Å². The summed E-state index contributed by atoms with van der Waals surface area (Å²) < 4.78 is 24.3. The van der Waals surface area contributed by atoms with Crippen LogP contribution in [0.4, 0.5) is 0 Å². The van der Waals surface area contributed by atoms with Crippen molar-refractivity contribution in [2.24, 2.45) is 0 Å². The molecule has 0 aliphatic heterocycles. The first kappa shape index (κ1) is 33.1. The maximum Gasteiger partial charge on any atom is 1.00 e. The van der Waals surface area contributed by atoms with Crippen LogP contribution in [0.2, 0.25) is 0 Å². The van der Waals surface area contributed by atoms with Gasteiger partial charge in [0.1, 0.15) is 0 Å². The normalized spacial score (nSPS) is 14.2. The molecule has 6 heteroatoms. The first-order chi connectivity index (χ1) is 10.8. The molecule has 0 atom stereocenters. The van der Waals surface area contributed by atoms with E-state index in [1.165, 1.54) is 0 Å². The van der Waals surface area contributed by atoms with Crippen LogP contribution in [0.3, 0.4) is 0 Å². The van der Waals surface area contributed by atoms with Gasteiger partial charge in [-0.3, -0.25) is 18.9 Å². The molecule has 27 heavy (non-hydrogen) atoms. The van der Waals surface area contributed by atoms with E-state index in [-0.39, 0.29) is 51.4 Å². The molecule has 160 valence electrons. The van der Waals surface area contributed by atoms with Crippen LogP contribution in [0.25, 0.3) is 0 Å². The minimum absolute atomic E-state index is 0. The van der Waals surface area contributed by atoms with Gasteiger partial charge in [-0.15, -0.1) is 5.60 Å². The van der Waals surface area contributed by atoms with Gasteiger partial charge in [0.05, 0.1) is 22.4 Å². The van der Waals surface area contributed by atoms with E-state index in [1.807, 2.05) is 83.1 Å². The van der Waals surface area contributed by atoms with Gasteiger partial charge in [-0.1, -0.05) is 20.8 Å². The summed E-state index contributed by atoms with van der Waals surface area (Å²) in [6.45, 7) is 28.3. The van der Waals surface area contributed by atoms with Crippen LogP contribution in [0.1, 0.15) is 104 Å². The summed E-state index contributed by atoms with van der Waals surface area (Å²) >= 11 is 0. The summed E-state index contributed by atoms with van der Waals surface area (Å²) in [5.74, 6) is 0. The van der Waals surface area contributed by atoms with Crippen LogP contribution in [0.5, 0.6) is 0 Å². The number of hydrogen-bond donors (Lipinski definition) is 0. The molecule has 0 aliphatic carbocycles. The first-order valence-electron chi connectivity index (χ1n) is 9.34.